The fourth-order valence-corrected chi connectivity index (χ4v) is 1.44. The largest absolute Gasteiger partial charge is 0.462 e. The number of esters is 1. The predicted octanol–water partition coefficient (Wildman–Crippen LogP) is 2.52. The van der Waals surface area contributed by atoms with Crippen molar-refractivity contribution in [1.29, 1.82) is 0 Å². The minimum atomic E-state index is -0.221. The van der Waals surface area contributed by atoms with E-state index in [1.54, 1.807) is 6.92 Å². The van der Waals surface area contributed by atoms with Gasteiger partial charge in [0.2, 0.25) is 0 Å². The molecule has 0 aliphatic heterocycles. The molecule has 2 nitrogen and oxygen atoms in total. The summed E-state index contributed by atoms with van der Waals surface area (Å²) in [5.41, 5.74) is 0. The first kappa shape index (κ1) is 10.9. The highest BCUT2D eigenvalue weighted by atomic mass is 127. The van der Waals surface area contributed by atoms with Gasteiger partial charge in [-0.1, -0.05) is 19.9 Å². The van der Waals surface area contributed by atoms with Crippen LogP contribution in [-0.2, 0) is 9.53 Å². The zero-order valence-electron chi connectivity index (χ0n) is 7.06. The molecule has 0 N–H and O–H groups in total. The fourth-order valence-electron chi connectivity index (χ4n) is 0.561. The first-order valence-corrected chi connectivity index (χ1v) is 4.70. The van der Waals surface area contributed by atoms with Gasteiger partial charge in [-0.05, 0) is 35.4 Å². The summed E-state index contributed by atoms with van der Waals surface area (Å²) in [5, 5.41) is 0. The summed E-state index contributed by atoms with van der Waals surface area (Å²) in [6.45, 7) is 6.30. The van der Waals surface area contributed by atoms with Crippen molar-refractivity contribution in [1.82, 2.24) is 0 Å². The monoisotopic (exact) mass is 268 g/mol. The van der Waals surface area contributed by atoms with Crippen molar-refractivity contribution >= 4 is 28.6 Å². The van der Waals surface area contributed by atoms with E-state index in [4.69, 9.17) is 4.74 Å². The molecule has 64 valence electrons. The third-order valence-corrected chi connectivity index (χ3v) is 1.75. The van der Waals surface area contributed by atoms with E-state index < -0.39 is 0 Å². The van der Waals surface area contributed by atoms with Gasteiger partial charge in [0.25, 0.3) is 0 Å². The molecule has 3 heteroatoms. The number of carbonyl (C=O) groups excluding carboxylic acids is 1. The van der Waals surface area contributed by atoms with E-state index in [2.05, 4.69) is 0 Å². The van der Waals surface area contributed by atoms with E-state index in [9.17, 15) is 4.79 Å². The average molecular weight is 268 g/mol. The molecule has 0 aromatic carbocycles. The van der Waals surface area contributed by atoms with Crippen molar-refractivity contribution in [3.05, 3.63) is 9.66 Å². The number of hydrogen-bond acceptors (Lipinski definition) is 2. The maximum absolute atomic E-state index is 11.0. The number of rotatable bonds is 3. The Bertz CT molecular complexity index is 161. The van der Waals surface area contributed by atoms with Crippen molar-refractivity contribution < 1.29 is 9.53 Å². The lowest BCUT2D eigenvalue weighted by Crippen LogP contribution is -2.03. The summed E-state index contributed by atoms with van der Waals surface area (Å²) in [7, 11) is 0. The normalized spacial score (nSPS) is 11.9. The number of hydrogen-bond donors (Lipinski definition) is 0. The Morgan fingerprint density at radius 2 is 2.18 bits per heavy atom. The zero-order valence-corrected chi connectivity index (χ0v) is 9.21. The smallest absolute Gasteiger partial charge is 0.344 e. The molecule has 0 radical (unpaired) electrons. The molecule has 0 saturated heterocycles. The molecule has 0 heterocycles. The second-order valence-corrected chi connectivity index (χ2v) is 3.64. The highest BCUT2D eigenvalue weighted by Gasteiger charge is 2.05. The van der Waals surface area contributed by atoms with Crippen LogP contribution in [0.25, 0.3) is 0 Å². The minimum Gasteiger partial charge on any atom is -0.462 e. The molecule has 0 amide bonds. The SMILES string of the molecule is CCOC(=O)/C(I)=C\C(C)C. The molecule has 0 atom stereocenters. The van der Waals surface area contributed by atoms with Gasteiger partial charge in [0, 0.05) is 0 Å². The number of carbonyl (C=O) groups is 1. The summed E-state index contributed by atoms with van der Waals surface area (Å²) in [6, 6.07) is 0. The van der Waals surface area contributed by atoms with Gasteiger partial charge in [0.1, 0.15) is 0 Å². The average Bonchev–Trinajstić information content (AvgIpc) is 1.86. The maximum atomic E-state index is 11.0. The van der Waals surface area contributed by atoms with Gasteiger partial charge in [-0.3, -0.25) is 0 Å². The lowest BCUT2D eigenvalue weighted by Gasteiger charge is -2.00. The van der Waals surface area contributed by atoms with Crippen LogP contribution in [0, 0.1) is 5.92 Å². The molecule has 0 saturated carbocycles. The van der Waals surface area contributed by atoms with E-state index in [1.807, 2.05) is 42.5 Å². The number of ether oxygens (including phenoxy) is 1. The van der Waals surface area contributed by atoms with Gasteiger partial charge in [0.15, 0.2) is 0 Å². The van der Waals surface area contributed by atoms with Gasteiger partial charge < -0.3 is 4.74 Å². The van der Waals surface area contributed by atoms with Crippen LogP contribution in [0.2, 0.25) is 0 Å². The molecule has 0 fully saturated rings. The van der Waals surface area contributed by atoms with Crippen LogP contribution in [0.3, 0.4) is 0 Å². The summed E-state index contributed by atoms with van der Waals surface area (Å²) in [5.74, 6) is 0.174. The maximum Gasteiger partial charge on any atom is 0.344 e. The Kier molecular flexibility index (Phi) is 5.54. The molecule has 0 aromatic heterocycles. The van der Waals surface area contributed by atoms with Crippen molar-refractivity contribution in [2.75, 3.05) is 6.61 Å². The van der Waals surface area contributed by atoms with Crippen LogP contribution in [0.4, 0.5) is 0 Å². The summed E-state index contributed by atoms with van der Waals surface area (Å²) in [6.07, 6.45) is 1.89. The van der Waals surface area contributed by atoms with Crippen LogP contribution >= 0.6 is 22.6 Å². The van der Waals surface area contributed by atoms with Crippen molar-refractivity contribution in [2.24, 2.45) is 5.92 Å². The molecule has 0 bridgehead atoms. The van der Waals surface area contributed by atoms with Crippen molar-refractivity contribution in [2.45, 2.75) is 20.8 Å². The Morgan fingerprint density at radius 1 is 1.64 bits per heavy atom. The Balaban J connectivity index is 4.01. The van der Waals surface area contributed by atoms with Gasteiger partial charge in [-0.25, -0.2) is 4.79 Å². The van der Waals surface area contributed by atoms with E-state index in [0.29, 0.717) is 16.1 Å². The second-order valence-electron chi connectivity index (χ2n) is 2.48. The summed E-state index contributed by atoms with van der Waals surface area (Å²) >= 11 is 1.99. The van der Waals surface area contributed by atoms with E-state index in [-0.39, 0.29) is 5.97 Å². The number of allylic oxidation sites excluding steroid dienone is 1. The van der Waals surface area contributed by atoms with Crippen LogP contribution < -0.4 is 0 Å². The Morgan fingerprint density at radius 3 is 2.55 bits per heavy atom. The Hall–Kier alpha value is -0.0600. The quantitative estimate of drug-likeness (QED) is 0.446. The van der Waals surface area contributed by atoms with Gasteiger partial charge in [0.05, 0.1) is 10.2 Å². The Labute approximate surface area is 81.1 Å². The topological polar surface area (TPSA) is 26.3 Å². The third kappa shape index (κ3) is 5.24. The lowest BCUT2D eigenvalue weighted by molar-refractivity contribution is -0.137. The van der Waals surface area contributed by atoms with Crippen LogP contribution in [0.1, 0.15) is 20.8 Å². The lowest BCUT2D eigenvalue weighted by atomic mass is 10.2. The van der Waals surface area contributed by atoms with Gasteiger partial charge in [-0.15, -0.1) is 0 Å². The molecule has 11 heavy (non-hydrogen) atoms. The molecular weight excluding hydrogens is 255 g/mol. The molecule has 0 unspecified atom stereocenters. The van der Waals surface area contributed by atoms with E-state index in [0.717, 1.165) is 0 Å². The molecular formula is C8H13IO2. The van der Waals surface area contributed by atoms with Gasteiger partial charge >= 0.3 is 5.97 Å². The van der Waals surface area contributed by atoms with Crippen LogP contribution in [0.15, 0.2) is 9.66 Å². The molecule has 0 aromatic rings. The highest BCUT2D eigenvalue weighted by molar-refractivity contribution is 14.1. The molecule has 0 aliphatic carbocycles. The van der Waals surface area contributed by atoms with Crippen LogP contribution in [-0.4, -0.2) is 12.6 Å². The summed E-state index contributed by atoms with van der Waals surface area (Å²) < 4.78 is 5.46. The number of halogens is 1. The van der Waals surface area contributed by atoms with Crippen molar-refractivity contribution in [3.63, 3.8) is 0 Å². The summed E-state index contributed by atoms with van der Waals surface area (Å²) in [4.78, 5) is 11.0. The van der Waals surface area contributed by atoms with E-state index >= 15 is 0 Å². The minimum absolute atomic E-state index is 0.221. The fraction of sp³-hybridized carbons (Fsp3) is 0.625. The molecule has 0 aliphatic rings. The van der Waals surface area contributed by atoms with Gasteiger partial charge in [-0.2, -0.15) is 0 Å². The first-order valence-electron chi connectivity index (χ1n) is 3.62. The van der Waals surface area contributed by atoms with Crippen molar-refractivity contribution in [3.8, 4) is 0 Å². The second kappa shape index (κ2) is 5.57. The standard InChI is InChI=1S/C8H13IO2/c1-4-11-8(10)7(9)5-6(2)3/h5-6H,4H2,1-3H3/b7-5+. The molecule has 0 spiro atoms. The highest BCUT2D eigenvalue weighted by Crippen LogP contribution is 2.11. The third-order valence-electron chi connectivity index (χ3n) is 0.950. The van der Waals surface area contributed by atoms with E-state index in [1.165, 1.54) is 0 Å². The first-order chi connectivity index (χ1) is 5.07. The van der Waals surface area contributed by atoms with Crippen LogP contribution in [0.5, 0.6) is 0 Å². The predicted molar refractivity (Wildman–Crippen MR) is 53.6 cm³/mol. The zero-order chi connectivity index (χ0) is 8.85. The molecule has 0 rings (SSSR count).